The first kappa shape index (κ1) is 24.3. The average molecular weight is 504 g/mol. The molecule has 0 saturated carbocycles. The van der Waals surface area contributed by atoms with Crippen molar-refractivity contribution in [1.29, 1.82) is 0 Å². The lowest BCUT2D eigenvalue weighted by atomic mass is 10.2. The minimum absolute atomic E-state index is 0.0423. The van der Waals surface area contributed by atoms with Gasteiger partial charge >= 0.3 is 6.18 Å². The van der Waals surface area contributed by atoms with Crippen LogP contribution in [0.15, 0.2) is 60.8 Å². The maximum absolute atomic E-state index is 12.9. The summed E-state index contributed by atoms with van der Waals surface area (Å²) in [7, 11) is 0. The fourth-order valence-electron chi connectivity index (χ4n) is 3.43. The van der Waals surface area contributed by atoms with Crippen LogP contribution in [0.2, 0.25) is 5.02 Å². The highest BCUT2D eigenvalue weighted by Gasteiger charge is 2.30. The Hall–Kier alpha value is -3.79. The maximum atomic E-state index is 12.9. The molecule has 0 bridgehead atoms. The van der Waals surface area contributed by atoms with Crippen LogP contribution in [0.5, 0.6) is 5.75 Å². The van der Waals surface area contributed by atoms with E-state index >= 15 is 0 Å². The molecule has 0 aliphatic carbocycles. The van der Waals surface area contributed by atoms with Crippen LogP contribution in [0.4, 0.5) is 18.9 Å². The molecule has 4 rings (SSSR count). The average Bonchev–Trinajstić information content (AvgIpc) is 3.39. The molecule has 0 fully saturated rings. The minimum Gasteiger partial charge on any atom is -0.471 e. The van der Waals surface area contributed by atoms with Gasteiger partial charge in [-0.2, -0.15) is 23.4 Å². The molecule has 11 heteroatoms. The fourth-order valence-corrected chi connectivity index (χ4v) is 3.56. The second-order valence-electron chi connectivity index (χ2n) is 7.82. The van der Waals surface area contributed by atoms with Crippen molar-refractivity contribution in [1.82, 2.24) is 19.6 Å². The maximum Gasteiger partial charge on any atom is 0.416 e. The zero-order valence-electron chi connectivity index (χ0n) is 18.8. The molecule has 1 N–H and O–H groups in total. The summed E-state index contributed by atoms with van der Waals surface area (Å²) >= 11 is 5.94. The molecule has 1 amide bonds. The molecule has 2 aromatic heterocycles. The Morgan fingerprint density at radius 2 is 1.83 bits per heavy atom. The second-order valence-corrected chi connectivity index (χ2v) is 8.26. The molecule has 2 aromatic carbocycles. The molecule has 0 spiro atoms. The number of hydrogen-bond acceptors (Lipinski definition) is 4. The number of benzene rings is 2. The van der Waals surface area contributed by atoms with E-state index in [4.69, 9.17) is 16.3 Å². The highest BCUT2D eigenvalue weighted by molar-refractivity contribution is 6.30. The summed E-state index contributed by atoms with van der Waals surface area (Å²) < 4.78 is 47.1. The van der Waals surface area contributed by atoms with Crippen LogP contribution in [0, 0.1) is 13.8 Å². The Bertz CT molecular complexity index is 1350. The molecule has 182 valence electrons. The van der Waals surface area contributed by atoms with Gasteiger partial charge in [-0.25, -0.2) is 4.68 Å². The van der Waals surface area contributed by atoms with Crippen LogP contribution in [0.3, 0.4) is 0 Å². The number of alkyl halides is 3. The number of nitrogens with zero attached hydrogens (tertiary/aromatic N) is 4. The zero-order valence-corrected chi connectivity index (χ0v) is 19.6. The van der Waals surface area contributed by atoms with Crippen LogP contribution < -0.4 is 10.1 Å². The number of hydrogen-bond donors (Lipinski definition) is 1. The Kier molecular flexibility index (Phi) is 6.83. The van der Waals surface area contributed by atoms with E-state index in [9.17, 15) is 18.0 Å². The van der Waals surface area contributed by atoms with Gasteiger partial charge in [0.15, 0.2) is 12.4 Å². The number of aromatic nitrogens is 4. The number of halogens is 4. The SMILES string of the molecule is Cc1nn(Cc2ccc(Cl)cc2)c(C)c1NC(=O)c1ccn(COc2cccc(C(F)(F)F)c2)n1. The first-order chi connectivity index (χ1) is 16.6. The van der Waals surface area contributed by atoms with E-state index in [0.29, 0.717) is 22.9 Å². The molecule has 7 nitrogen and oxygen atoms in total. The van der Waals surface area contributed by atoms with Gasteiger partial charge in [0.2, 0.25) is 0 Å². The predicted molar refractivity (Wildman–Crippen MR) is 125 cm³/mol. The molecular weight excluding hydrogens is 483 g/mol. The van der Waals surface area contributed by atoms with Crippen LogP contribution in [-0.2, 0) is 19.5 Å². The van der Waals surface area contributed by atoms with E-state index in [-0.39, 0.29) is 18.2 Å². The largest absolute Gasteiger partial charge is 0.471 e. The number of rotatable bonds is 7. The Morgan fingerprint density at radius 3 is 2.54 bits per heavy atom. The number of nitrogens with one attached hydrogen (secondary N) is 1. The molecule has 0 radical (unpaired) electrons. The quantitative estimate of drug-likeness (QED) is 0.351. The molecule has 2 heterocycles. The van der Waals surface area contributed by atoms with E-state index in [1.54, 1.807) is 23.7 Å². The molecule has 35 heavy (non-hydrogen) atoms. The van der Waals surface area contributed by atoms with Crippen LogP contribution in [0.25, 0.3) is 0 Å². The zero-order chi connectivity index (χ0) is 25.2. The van der Waals surface area contributed by atoms with Gasteiger partial charge in [-0.3, -0.25) is 9.48 Å². The lowest BCUT2D eigenvalue weighted by Gasteiger charge is -2.10. The van der Waals surface area contributed by atoms with Gasteiger partial charge < -0.3 is 10.1 Å². The van der Waals surface area contributed by atoms with Gasteiger partial charge in [-0.05, 0) is 55.8 Å². The summed E-state index contributed by atoms with van der Waals surface area (Å²) in [5, 5.41) is 12.1. The second kappa shape index (κ2) is 9.83. The summed E-state index contributed by atoms with van der Waals surface area (Å²) in [6, 6.07) is 13.5. The normalized spacial score (nSPS) is 11.5. The molecular formula is C24H21ClF3N5O2. The summed E-state index contributed by atoms with van der Waals surface area (Å²) in [5.41, 5.74) is 2.34. The smallest absolute Gasteiger partial charge is 0.416 e. The molecule has 0 unspecified atom stereocenters. The molecule has 0 aliphatic rings. The molecule has 4 aromatic rings. The van der Waals surface area contributed by atoms with E-state index < -0.39 is 17.6 Å². The van der Waals surface area contributed by atoms with Crippen molar-refractivity contribution in [2.24, 2.45) is 0 Å². The third kappa shape index (κ3) is 5.83. The Morgan fingerprint density at radius 1 is 1.09 bits per heavy atom. The standard InChI is InChI=1S/C24H21ClF3N5O2/c1-15-22(16(2)33(30-15)13-17-6-8-19(25)9-7-17)29-23(34)21-10-11-32(31-21)14-35-20-5-3-4-18(12-20)24(26,27)28/h3-12H,13-14H2,1-2H3,(H,29,34). The van der Waals surface area contributed by atoms with Crippen molar-refractivity contribution < 1.29 is 22.7 Å². The number of amides is 1. The number of anilines is 1. The van der Waals surface area contributed by atoms with Gasteiger partial charge in [0.1, 0.15) is 5.75 Å². The topological polar surface area (TPSA) is 74.0 Å². The van der Waals surface area contributed by atoms with Crippen molar-refractivity contribution in [2.45, 2.75) is 33.3 Å². The van der Waals surface area contributed by atoms with Gasteiger partial charge in [0.05, 0.1) is 29.2 Å². The Balaban J connectivity index is 1.40. The van der Waals surface area contributed by atoms with Crippen molar-refractivity contribution in [3.8, 4) is 5.75 Å². The number of ether oxygens (including phenoxy) is 1. The van der Waals surface area contributed by atoms with Gasteiger partial charge in [-0.15, -0.1) is 0 Å². The number of carbonyl (C=O) groups excluding carboxylic acids is 1. The summed E-state index contributed by atoms with van der Waals surface area (Å²) in [6.45, 7) is 4.00. The summed E-state index contributed by atoms with van der Waals surface area (Å²) in [5.74, 6) is -0.402. The van der Waals surface area contributed by atoms with E-state index in [0.717, 1.165) is 23.4 Å². The van der Waals surface area contributed by atoms with Crippen LogP contribution >= 0.6 is 11.6 Å². The monoisotopic (exact) mass is 503 g/mol. The van der Waals surface area contributed by atoms with Crippen LogP contribution in [0.1, 0.15) is 33.0 Å². The van der Waals surface area contributed by atoms with Crippen molar-refractivity contribution >= 4 is 23.2 Å². The third-order valence-corrected chi connectivity index (χ3v) is 5.52. The van der Waals surface area contributed by atoms with Gasteiger partial charge in [-0.1, -0.05) is 29.8 Å². The first-order valence-electron chi connectivity index (χ1n) is 10.5. The minimum atomic E-state index is -4.46. The van der Waals surface area contributed by atoms with E-state index in [1.165, 1.54) is 29.1 Å². The lowest BCUT2D eigenvalue weighted by Crippen LogP contribution is -2.15. The van der Waals surface area contributed by atoms with Crippen molar-refractivity contribution in [3.05, 3.63) is 94.0 Å². The molecule has 0 aliphatic heterocycles. The van der Waals surface area contributed by atoms with Crippen molar-refractivity contribution in [2.75, 3.05) is 5.32 Å². The van der Waals surface area contributed by atoms with Gasteiger partial charge in [0, 0.05) is 11.2 Å². The van der Waals surface area contributed by atoms with E-state index in [2.05, 4.69) is 15.5 Å². The van der Waals surface area contributed by atoms with Crippen molar-refractivity contribution in [3.63, 3.8) is 0 Å². The van der Waals surface area contributed by atoms with E-state index in [1.807, 2.05) is 19.1 Å². The van der Waals surface area contributed by atoms with Crippen LogP contribution in [-0.4, -0.2) is 25.5 Å². The summed E-state index contributed by atoms with van der Waals surface area (Å²) in [6.07, 6.45) is -2.96. The molecule has 0 atom stereocenters. The fraction of sp³-hybridized carbons (Fsp3) is 0.208. The highest BCUT2D eigenvalue weighted by atomic mass is 35.5. The predicted octanol–water partition coefficient (Wildman–Crippen LogP) is 5.71. The highest BCUT2D eigenvalue weighted by Crippen LogP contribution is 2.31. The summed E-state index contributed by atoms with van der Waals surface area (Å²) in [4.78, 5) is 12.8. The number of aryl methyl sites for hydroxylation is 1. The first-order valence-corrected chi connectivity index (χ1v) is 10.9. The Labute approximate surface area is 204 Å². The van der Waals surface area contributed by atoms with Gasteiger partial charge in [0.25, 0.3) is 5.91 Å². The number of carbonyl (C=O) groups is 1. The molecule has 0 saturated heterocycles. The third-order valence-electron chi connectivity index (χ3n) is 5.26. The lowest BCUT2D eigenvalue weighted by molar-refractivity contribution is -0.137.